The molecule has 2 atom stereocenters. The highest BCUT2D eigenvalue weighted by Gasteiger charge is 2.29. The number of carbonyl (C=O) groups excluding carboxylic acids is 1. The molecule has 92 valence electrons. The predicted octanol–water partition coefficient (Wildman–Crippen LogP) is 0.0159. The molecule has 0 aromatic heterocycles. The van der Waals surface area contributed by atoms with Crippen LogP contribution >= 0.6 is 0 Å². The number of urea groups is 1. The first kappa shape index (κ1) is 12.8. The van der Waals surface area contributed by atoms with Gasteiger partial charge in [0, 0.05) is 12.6 Å². The van der Waals surface area contributed by atoms with Crippen molar-refractivity contribution in [3.05, 3.63) is 0 Å². The number of likely N-dealkylation sites (tertiary alicyclic amines) is 1. The largest absolute Gasteiger partial charge is 0.480 e. The molecule has 0 saturated carbocycles. The van der Waals surface area contributed by atoms with Crippen LogP contribution in [-0.4, -0.2) is 52.3 Å². The summed E-state index contributed by atoms with van der Waals surface area (Å²) in [6.07, 6.45) is 2.77. The maximum absolute atomic E-state index is 11.7. The second-order valence-corrected chi connectivity index (χ2v) is 3.92. The van der Waals surface area contributed by atoms with E-state index >= 15 is 0 Å². The number of aliphatic hydroxyl groups excluding tert-OH is 1. The van der Waals surface area contributed by atoms with Crippen molar-refractivity contribution in [2.45, 2.75) is 38.3 Å². The SMILES string of the molecule is CCC1CCCN1C(=O)NC(CO)C(=O)O. The summed E-state index contributed by atoms with van der Waals surface area (Å²) in [4.78, 5) is 24.0. The third-order valence-electron chi connectivity index (χ3n) is 2.89. The zero-order valence-corrected chi connectivity index (χ0v) is 9.35. The van der Waals surface area contributed by atoms with Crippen LogP contribution in [0, 0.1) is 0 Å². The lowest BCUT2D eigenvalue weighted by atomic mass is 10.2. The number of carbonyl (C=O) groups is 2. The molecule has 2 unspecified atom stereocenters. The summed E-state index contributed by atoms with van der Waals surface area (Å²) in [5.41, 5.74) is 0. The number of carboxylic acids is 1. The summed E-state index contributed by atoms with van der Waals surface area (Å²) in [6, 6.07) is -1.43. The summed E-state index contributed by atoms with van der Waals surface area (Å²) in [7, 11) is 0. The van der Waals surface area contributed by atoms with Crippen LogP contribution in [0.3, 0.4) is 0 Å². The third kappa shape index (κ3) is 2.85. The molecule has 1 aliphatic heterocycles. The number of aliphatic hydroxyl groups is 1. The Morgan fingerprint density at radius 1 is 1.56 bits per heavy atom. The molecular weight excluding hydrogens is 212 g/mol. The van der Waals surface area contributed by atoms with E-state index in [1.165, 1.54) is 0 Å². The number of amides is 2. The Labute approximate surface area is 94.2 Å². The number of nitrogens with one attached hydrogen (secondary N) is 1. The van der Waals surface area contributed by atoms with E-state index in [0.717, 1.165) is 19.3 Å². The van der Waals surface area contributed by atoms with E-state index < -0.39 is 24.6 Å². The minimum atomic E-state index is -1.22. The zero-order valence-electron chi connectivity index (χ0n) is 9.35. The monoisotopic (exact) mass is 230 g/mol. The fraction of sp³-hybridized carbons (Fsp3) is 0.800. The minimum absolute atomic E-state index is 0.188. The van der Waals surface area contributed by atoms with Crippen molar-refractivity contribution in [1.29, 1.82) is 0 Å². The Kier molecular flexibility index (Phi) is 4.54. The van der Waals surface area contributed by atoms with Crippen molar-refractivity contribution in [3.8, 4) is 0 Å². The van der Waals surface area contributed by atoms with Gasteiger partial charge in [0.25, 0.3) is 0 Å². The lowest BCUT2D eigenvalue weighted by Crippen LogP contribution is -2.50. The molecule has 6 nitrogen and oxygen atoms in total. The van der Waals surface area contributed by atoms with Gasteiger partial charge in [-0.25, -0.2) is 9.59 Å². The van der Waals surface area contributed by atoms with Crippen LogP contribution in [0.25, 0.3) is 0 Å². The van der Waals surface area contributed by atoms with Crippen LogP contribution in [0.15, 0.2) is 0 Å². The van der Waals surface area contributed by atoms with Crippen LogP contribution in [-0.2, 0) is 4.79 Å². The minimum Gasteiger partial charge on any atom is -0.480 e. The highest BCUT2D eigenvalue weighted by atomic mass is 16.4. The van der Waals surface area contributed by atoms with E-state index in [9.17, 15) is 9.59 Å². The molecule has 0 bridgehead atoms. The highest BCUT2D eigenvalue weighted by Crippen LogP contribution is 2.19. The van der Waals surface area contributed by atoms with Crippen molar-refractivity contribution >= 4 is 12.0 Å². The number of hydrogen-bond donors (Lipinski definition) is 3. The van der Waals surface area contributed by atoms with E-state index in [4.69, 9.17) is 10.2 Å². The maximum Gasteiger partial charge on any atom is 0.328 e. The Balaban J connectivity index is 2.54. The Morgan fingerprint density at radius 3 is 2.75 bits per heavy atom. The van der Waals surface area contributed by atoms with Crippen LogP contribution in [0.1, 0.15) is 26.2 Å². The first-order valence-electron chi connectivity index (χ1n) is 5.51. The van der Waals surface area contributed by atoms with Crippen molar-refractivity contribution in [2.75, 3.05) is 13.2 Å². The predicted molar refractivity (Wildman–Crippen MR) is 57.1 cm³/mol. The quantitative estimate of drug-likeness (QED) is 0.635. The molecule has 1 rings (SSSR count). The van der Waals surface area contributed by atoms with Crippen LogP contribution in [0.4, 0.5) is 4.79 Å². The van der Waals surface area contributed by atoms with Gasteiger partial charge in [-0.05, 0) is 19.3 Å². The number of carboxylic acid groups (broad SMARTS) is 1. The number of hydrogen-bond acceptors (Lipinski definition) is 3. The molecule has 1 fully saturated rings. The summed E-state index contributed by atoms with van der Waals surface area (Å²) in [5.74, 6) is -1.22. The molecule has 0 spiro atoms. The van der Waals surface area contributed by atoms with Gasteiger partial charge < -0.3 is 20.4 Å². The standard InChI is InChI=1S/C10H18N2O4/c1-2-7-4-3-5-12(7)10(16)11-8(6-13)9(14)15/h7-8,13H,2-6H2,1H3,(H,11,16)(H,14,15). The van der Waals surface area contributed by atoms with Crippen molar-refractivity contribution in [3.63, 3.8) is 0 Å². The lowest BCUT2D eigenvalue weighted by Gasteiger charge is -2.25. The molecule has 3 N–H and O–H groups in total. The molecular formula is C10H18N2O4. The van der Waals surface area contributed by atoms with Gasteiger partial charge in [0.05, 0.1) is 6.61 Å². The first-order valence-corrected chi connectivity index (χ1v) is 5.51. The van der Waals surface area contributed by atoms with E-state index in [1.54, 1.807) is 4.90 Å². The number of rotatable bonds is 4. The second kappa shape index (κ2) is 5.69. The first-order chi connectivity index (χ1) is 7.60. The Hall–Kier alpha value is -1.30. The molecule has 0 aliphatic carbocycles. The van der Waals surface area contributed by atoms with Gasteiger partial charge in [0.2, 0.25) is 0 Å². The van der Waals surface area contributed by atoms with Gasteiger partial charge in [-0.15, -0.1) is 0 Å². The van der Waals surface area contributed by atoms with Crippen molar-refractivity contribution in [1.82, 2.24) is 10.2 Å². The van der Waals surface area contributed by atoms with E-state index in [-0.39, 0.29) is 6.04 Å². The molecule has 2 amide bonds. The van der Waals surface area contributed by atoms with Gasteiger partial charge in [-0.1, -0.05) is 6.92 Å². The molecule has 1 heterocycles. The summed E-state index contributed by atoms with van der Waals surface area (Å²) in [6.45, 7) is 2.06. The molecule has 0 aromatic rings. The van der Waals surface area contributed by atoms with E-state index in [1.807, 2.05) is 6.92 Å². The molecule has 0 radical (unpaired) electrons. The lowest BCUT2D eigenvalue weighted by molar-refractivity contribution is -0.140. The molecule has 16 heavy (non-hydrogen) atoms. The summed E-state index contributed by atoms with van der Waals surface area (Å²) in [5, 5.41) is 19.8. The van der Waals surface area contributed by atoms with Gasteiger partial charge in [-0.2, -0.15) is 0 Å². The number of aliphatic carboxylic acids is 1. The average Bonchev–Trinajstić information content (AvgIpc) is 2.72. The van der Waals surface area contributed by atoms with Crippen LogP contribution in [0.2, 0.25) is 0 Å². The van der Waals surface area contributed by atoms with E-state index in [0.29, 0.717) is 6.54 Å². The Morgan fingerprint density at radius 2 is 2.25 bits per heavy atom. The zero-order chi connectivity index (χ0) is 12.1. The molecule has 0 aromatic carbocycles. The fourth-order valence-corrected chi connectivity index (χ4v) is 1.94. The van der Waals surface area contributed by atoms with E-state index in [2.05, 4.69) is 5.32 Å². The van der Waals surface area contributed by atoms with Crippen LogP contribution < -0.4 is 5.32 Å². The summed E-state index contributed by atoms with van der Waals surface area (Å²) < 4.78 is 0. The van der Waals surface area contributed by atoms with Crippen molar-refractivity contribution in [2.24, 2.45) is 0 Å². The second-order valence-electron chi connectivity index (χ2n) is 3.92. The van der Waals surface area contributed by atoms with Crippen LogP contribution in [0.5, 0.6) is 0 Å². The van der Waals surface area contributed by atoms with Gasteiger partial charge >= 0.3 is 12.0 Å². The topological polar surface area (TPSA) is 89.9 Å². The van der Waals surface area contributed by atoms with Gasteiger partial charge in [0.15, 0.2) is 6.04 Å². The molecule has 6 heteroatoms. The fourth-order valence-electron chi connectivity index (χ4n) is 1.94. The summed E-state index contributed by atoms with van der Waals surface area (Å²) >= 11 is 0. The average molecular weight is 230 g/mol. The van der Waals surface area contributed by atoms with Gasteiger partial charge in [0.1, 0.15) is 0 Å². The molecule has 1 saturated heterocycles. The Bertz CT molecular complexity index is 270. The highest BCUT2D eigenvalue weighted by molar-refractivity contribution is 5.82. The third-order valence-corrected chi connectivity index (χ3v) is 2.89. The normalized spacial score (nSPS) is 21.9. The van der Waals surface area contributed by atoms with Gasteiger partial charge in [-0.3, -0.25) is 0 Å². The smallest absolute Gasteiger partial charge is 0.328 e. The number of nitrogens with zero attached hydrogens (tertiary/aromatic N) is 1. The maximum atomic E-state index is 11.7. The van der Waals surface area contributed by atoms with Crippen molar-refractivity contribution < 1.29 is 19.8 Å². The molecule has 1 aliphatic rings.